The summed E-state index contributed by atoms with van der Waals surface area (Å²) in [5.41, 5.74) is 2.31. The summed E-state index contributed by atoms with van der Waals surface area (Å²) in [6.07, 6.45) is 0.778. The molecule has 3 fully saturated rings. The topological polar surface area (TPSA) is 88.7 Å². The van der Waals surface area contributed by atoms with Gasteiger partial charge < -0.3 is 14.5 Å². The molecule has 44 heavy (non-hydrogen) atoms. The summed E-state index contributed by atoms with van der Waals surface area (Å²) < 4.78 is 25.5. The van der Waals surface area contributed by atoms with Crippen LogP contribution in [0.3, 0.4) is 0 Å². The molecule has 7 atom stereocenters. The molecule has 0 radical (unpaired) electrons. The summed E-state index contributed by atoms with van der Waals surface area (Å²) >= 11 is 8.98. The van der Waals surface area contributed by atoms with Crippen LogP contribution in [0.4, 0.5) is 10.1 Å². The molecule has 4 aliphatic rings. The lowest BCUT2D eigenvalue weighted by atomic mass is 9.68. The van der Waals surface area contributed by atoms with Crippen molar-refractivity contribution in [3.05, 3.63) is 103 Å². The van der Waals surface area contributed by atoms with Gasteiger partial charge in [-0.15, -0.1) is 11.8 Å². The van der Waals surface area contributed by atoms with Crippen LogP contribution in [0.5, 0.6) is 11.5 Å². The van der Waals surface area contributed by atoms with Crippen LogP contribution in [-0.2, 0) is 16.2 Å². The molecule has 2 saturated carbocycles. The summed E-state index contributed by atoms with van der Waals surface area (Å²) in [6, 6.07) is 18.9. The van der Waals surface area contributed by atoms with Crippen molar-refractivity contribution in [2.24, 2.45) is 29.6 Å². The number of rotatable bonds is 6. The number of amides is 2. The number of benzene rings is 3. The highest BCUT2D eigenvalue weighted by atomic mass is 35.5. The largest absolute Gasteiger partial charge is 0.493 e. The highest BCUT2D eigenvalue weighted by Crippen LogP contribution is 2.68. The summed E-state index contributed by atoms with van der Waals surface area (Å²) in [5, 5.41) is 1.53. The van der Waals surface area contributed by atoms with E-state index in [0.717, 1.165) is 27.5 Å². The van der Waals surface area contributed by atoms with Gasteiger partial charge >= 0.3 is 4.87 Å². The average Bonchev–Trinajstić information content (AvgIpc) is 3.75. The number of ether oxygens (including phenoxy) is 2. The Morgan fingerprint density at radius 1 is 0.977 bits per heavy atom. The maximum absolute atomic E-state index is 13.9. The second-order valence-corrected chi connectivity index (χ2v) is 14.4. The van der Waals surface area contributed by atoms with Crippen LogP contribution >= 0.6 is 34.7 Å². The number of hydrogen-bond acceptors (Lipinski definition) is 7. The number of thiazole rings is 1. The smallest absolute Gasteiger partial charge is 0.305 e. The van der Waals surface area contributed by atoms with Gasteiger partial charge in [0.15, 0.2) is 11.5 Å². The minimum atomic E-state index is -0.443. The van der Waals surface area contributed by atoms with Crippen LogP contribution in [0, 0.1) is 35.4 Å². The molecule has 1 N–H and O–H groups in total. The van der Waals surface area contributed by atoms with Gasteiger partial charge in [0.2, 0.25) is 11.8 Å². The van der Waals surface area contributed by atoms with Crippen molar-refractivity contribution in [2.75, 3.05) is 12.0 Å². The Morgan fingerprint density at radius 3 is 2.50 bits per heavy atom. The van der Waals surface area contributed by atoms with Gasteiger partial charge in [-0.1, -0.05) is 41.1 Å². The number of methoxy groups -OCH3 is 1. The Hall–Kier alpha value is -3.60. The second kappa shape index (κ2) is 10.5. The number of carbonyl (C=O) groups excluding carboxylic acids is 2. The number of halogens is 2. The van der Waals surface area contributed by atoms with Gasteiger partial charge in [0.25, 0.3) is 0 Å². The van der Waals surface area contributed by atoms with Gasteiger partial charge in [0.1, 0.15) is 12.4 Å². The molecule has 2 aliphatic heterocycles. The Morgan fingerprint density at radius 2 is 1.75 bits per heavy atom. The SMILES string of the molecule is COc1cc(C2c3sc(=O)[nH]c3SC3C2[C@H]2C[C@@H]3C3C(=O)N(c4ccc(F)cc4)C(=O)C32)ccc1OCc1cccc(Cl)c1. The van der Waals surface area contributed by atoms with Crippen molar-refractivity contribution >= 4 is 52.2 Å². The molecular weight excluding hydrogens is 623 g/mol. The van der Waals surface area contributed by atoms with Crippen molar-refractivity contribution in [1.82, 2.24) is 4.98 Å². The second-order valence-electron chi connectivity index (χ2n) is 11.8. The van der Waals surface area contributed by atoms with Crippen LogP contribution in [0.15, 0.2) is 76.6 Å². The standard InChI is InChI=1S/C33H26ClFN2O5S2/c1-41-23-12-16(5-10-22(23)42-14-15-3-2-4-17(34)11-15)24-25-20-13-21(28(25)43-30-29(24)44-33(40)36-30)27-26(20)31(38)37(32(27)39)19-8-6-18(35)7-9-19/h2-12,20-21,24-28H,13-14H2,1H3,(H,36,40)/t20-,21-,24?,25?,26?,27?,28?/m1/s1. The number of aromatic amines is 1. The lowest BCUT2D eigenvalue weighted by Gasteiger charge is -2.43. The Labute approximate surface area is 265 Å². The van der Waals surface area contributed by atoms with Crippen LogP contribution in [0.1, 0.15) is 28.3 Å². The van der Waals surface area contributed by atoms with Crippen molar-refractivity contribution < 1.29 is 23.5 Å². The molecular formula is C33H26ClFN2O5S2. The molecule has 3 aromatic carbocycles. The molecule has 2 amide bonds. The molecule has 3 heterocycles. The number of thioether (sulfide) groups is 1. The van der Waals surface area contributed by atoms with Crippen LogP contribution in [0.2, 0.25) is 5.02 Å². The number of imide groups is 1. The van der Waals surface area contributed by atoms with Crippen molar-refractivity contribution in [3.8, 4) is 11.5 Å². The monoisotopic (exact) mass is 648 g/mol. The van der Waals surface area contributed by atoms with Gasteiger partial charge in [-0.3, -0.25) is 19.3 Å². The Balaban J connectivity index is 1.15. The third kappa shape index (κ3) is 4.25. The van der Waals surface area contributed by atoms with Gasteiger partial charge in [0.05, 0.1) is 29.7 Å². The van der Waals surface area contributed by atoms with Crippen molar-refractivity contribution in [2.45, 2.75) is 29.2 Å². The molecule has 11 heteroatoms. The number of hydrogen-bond donors (Lipinski definition) is 1. The maximum atomic E-state index is 13.9. The summed E-state index contributed by atoms with van der Waals surface area (Å²) in [4.78, 5) is 45.4. The number of nitrogens with one attached hydrogen (secondary N) is 1. The summed E-state index contributed by atoms with van der Waals surface area (Å²) in [5.74, 6) is -0.717. The molecule has 224 valence electrons. The minimum Gasteiger partial charge on any atom is -0.493 e. The van der Waals surface area contributed by atoms with Gasteiger partial charge in [-0.05, 0) is 83.8 Å². The maximum Gasteiger partial charge on any atom is 0.305 e. The predicted octanol–water partition coefficient (Wildman–Crippen LogP) is 6.49. The van der Waals surface area contributed by atoms with Crippen molar-refractivity contribution in [3.63, 3.8) is 0 Å². The molecule has 7 nitrogen and oxygen atoms in total. The predicted molar refractivity (Wildman–Crippen MR) is 166 cm³/mol. The Bertz CT molecular complexity index is 1880. The van der Waals surface area contributed by atoms with E-state index in [2.05, 4.69) is 4.98 Å². The van der Waals surface area contributed by atoms with E-state index in [1.165, 1.54) is 40.5 Å². The first kappa shape index (κ1) is 27.9. The molecule has 2 bridgehead atoms. The fourth-order valence-corrected chi connectivity index (χ4v) is 11.1. The molecule has 0 spiro atoms. The number of H-pyrrole nitrogens is 1. The zero-order valence-electron chi connectivity index (χ0n) is 23.4. The molecule has 4 aromatic rings. The van der Waals surface area contributed by atoms with E-state index in [4.69, 9.17) is 21.1 Å². The zero-order valence-corrected chi connectivity index (χ0v) is 25.8. The zero-order chi connectivity index (χ0) is 30.3. The van der Waals surface area contributed by atoms with Gasteiger partial charge in [-0.25, -0.2) is 4.39 Å². The third-order valence-corrected chi connectivity index (χ3v) is 12.5. The van der Waals surface area contributed by atoms with E-state index in [0.29, 0.717) is 28.8 Å². The number of aromatic nitrogens is 1. The van der Waals surface area contributed by atoms with Gasteiger partial charge in [-0.2, -0.15) is 0 Å². The fraction of sp³-hybridized carbons (Fsp3) is 0.303. The first-order valence-corrected chi connectivity index (χ1v) is 16.5. The first-order valence-electron chi connectivity index (χ1n) is 14.4. The molecule has 5 unspecified atom stereocenters. The van der Waals surface area contributed by atoms with E-state index in [1.807, 2.05) is 42.5 Å². The van der Waals surface area contributed by atoms with E-state index >= 15 is 0 Å². The lowest BCUT2D eigenvalue weighted by molar-refractivity contribution is -0.123. The van der Waals surface area contributed by atoms with Crippen LogP contribution < -0.4 is 19.2 Å². The quantitative estimate of drug-likeness (QED) is 0.240. The Kier molecular flexibility index (Phi) is 6.66. The van der Waals surface area contributed by atoms with Crippen LogP contribution in [-0.4, -0.2) is 29.2 Å². The van der Waals surface area contributed by atoms with E-state index in [9.17, 15) is 18.8 Å². The fourth-order valence-electron chi connectivity index (χ4n) is 8.02. The van der Waals surface area contributed by atoms with E-state index in [1.54, 1.807) is 18.9 Å². The third-order valence-electron chi connectivity index (χ3n) is 9.64. The number of carbonyl (C=O) groups is 2. The highest BCUT2D eigenvalue weighted by Gasteiger charge is 2.69. The average molecular weight is 649 g/mol. The number of nitrogens with zero attached hydrogens (tertiary/aromatic N) is 1. The number of fused-ring (bicyclic) bond motifs is 9. The highest BCUT2D eigenvalue weighted by molar-refractivity contribution is 8.00. The van der Waals surface area contributed by atoms with E-state index < -0.39 is 17.7 Å². The first-order chi connectivity index (χ1) is 21.3. The molecule has 1 saturated heterocycles. The van der Waals surface area contributed by atoms with Crippen LogP contribution in [0.25, 0.3) is 0 Å². The van der Waals surface area contributed by atoms with E-state index in [-0.39, 0.29) is 45.6 Å². The molecule has 2 aliphatic carbocycles. The summed E-state index contributed by atoms with van der Waals surface area (Å²) in [6.45, 7) is 0.318. The normalized spacial score (nSPS) is 28.2. The summed E-state index contributed by atoms with van der Waals surface area (Å²) in [7, 11) is 1.60. The van der Waals surface area contributed by atoms with Gasteiger partial charge in [0, 0.05) is 21.1 Å². The molecule has 1 aromatic heterocycles. The number of anilines is 1. The molecule has 8 rings (SSSR count). The minimum absolute atomic E-state index is 0.0110. The lowest BCUT2D eigenvalue weighted by Crippen LogP contribution is -2.42. The van der Waals surface area contributed by atoms with Crippen molar-refractivity contribution in [1.29, 1.82) is 0 Å².